The summed E-state index contributed by atoms with van der Waals surface area (Å²) in [4.78, 5) is 0. The van der Waals surface area contributed by atoms with Crippen LogP contribution in [0.15, 0.2) is 12.2 Å². The average molecular weight is 136 g/mol. The molecule has 1 saturated carbocycles. The van der Waals surface area contributed by atoms with Gasteiger partial charge in [-0.05, 0) is 37.0 Å². The molecule has 0 heteroatoms. The fraction of sp³-hybridized carbons (Fsp3) is 0.800. The van der Waals surface area contributed by atoms with Gasteiger partial charge in [0.25, 0.3) is 0 Å². The largest absolute Gasteiger partial charge is 0.0880 e. The van der Waals surface area contributed by atoms with Crippen LogP contribution in [0.25, 0.3) is 0 Å². The van der Waals surface area contributed by atoms with E-state index in [1.807, 2.05) is 0 Å². The van der Waals surface area contributed by atoms with Crippen LogP contribution >= 0.6 is 0 Å². The molecule has 2 unspecified atom stereocenters. The number of hydrogen-bond donors (Lipinski definition) is 0. The molecule has 0 spiro atoms. The van der Waals surface area contributed by atoms with E-state index < -0.39 is 0 Å². The van der Waals surface area contributed by atoms with Gasteiger partial charge in [0.15, 0.2) is 0 Å². The van der Waals surface area contributed by atoms with E-state index in [9.17, 15) is 0 Å². The standard InChI is InChI=1S/C10H16/c1-8-4-2-7-10(8)9-5-3-6-9/h2,7-10H,3-6H2,1H3. The monoisotopic (exact) mass is 136 g/mol. The molecule has 2 rings (SSSR count). The molecule has 0 aromatic heterocycles. The summed E-state index contributed by atoms with van der Waals surface area (Å²) in [6.45, 7) is 2.39. The van der Waals surface area contributed by atoms with Crippen LogP contribution in [0.2, 0.25) is 0 Å². The summed E-state index contributed by atoms with van der Waals surface area (Å²) >= 11 is 0. The van der Waals surface area contributed by atoms with Crippen molar-refractivity contribution in [1.82, 2.24) is 0 Å². The van der Waals surface area contributed by atoms with Gasteiger partial charge in [0.05, 0.1) is 0 Å². The van der Waals surface area contributed by atoms with Crippen molar-refractivity contribution >= 4 is 0 Å². The molecule has 2 aliphatic rings. The van der Waals surface area contributed by atoms with Gasteiger partial charge in [0.1, 0.15) is 0 Å². The van der Waals surface area contributed by atoms with Crippen LogP contribution in [0.4, 0.5) is 0 Å². The summed E-state index contributed by atoms with van der Waals surface area (Å²) in [7, 11) is 0. The van der Waals surface area contributed by atoms with Crippen molar-refractivity contribution in [3.8, 4) is 0 Å². The highest BCUT2D eigenvalue weighted by Gasteiger charge is 2.30. The molecule has 0 aromatic carbocycles. The van der Waals surface area contributed by atoms with Gasteiger partial charge >= 0.3 is 0 Å². The minimum absolute atomic E-state index is 0.949. The molecule has 56 valence electrons. The predicted molar refractivity (Wildman–Crippen MR) is 43.8 cm³/mol. The van der Waals surface area contributed by atoms with Gasteiger partial charge in [0.2, 0.25) is 0 Å². The minimum atomic E-state index is 0.949. The van der Waals surface area contributed by atoms with Crippen LogP contribution < -0.4 is 0 Å². The summed E-state index contributed by atoms with van der Waals surface area (Å²) in [5.41, 5.74) is 0. The smallest absolute Gasteiger partial charge is 0.0176 e. The first kappa shape index (κ1) is 6.45. The van der Waals surface area contributed by atoms with Crippen LogP contribution in [-0.2, 0) is 0 Å². The van der Waals surface area contributed by atoms with E-state index >= 15 is 0 Å². The Morgan fingerprint density at radius 1 is 1.30 bits per heavy atom. The lowest BCUT2D eigenvalue weighted by molar-refractivity contribution is 0.202. The Balaban J connectivity index is 1.96. The van der Waals surface area contributed by atoms with E-state index in [-0.39, 0.29) is 0 Å². The SMILES string of the molecule is CC1CC=CC1C1CCC1. The molecular formula is C10H16. The van der Waals surface area contributed by atoms with Crippen LogP contribution in [0.5, 0.6) is 0 Å². The number of allylic oxidation sites excluding steroid dienone is 2. The summed E-state index contributed by atoms with van der Waals surface area (Å²) < 4.78 is 0. The van der Waals surface area contributed by atoms with Crippen molar-refractivity contribution in [2.75, 3.05) is 0 Å². The zero-order valence-electron chi connectivity index (χ0n) is 6.72. The Kier molecular flexibility index (Phi) is 1.55. The predicted octanol–water partition coefficient (Wildman–Crippen LogP) is 3.00. The van der Waals surface area contributed by atoms with Gasteiger partial charge in [-0.1, -0.05) is 25.5 Å². The quantitative estimate of drug-likeness (QED) is 0.486. The van der Waals surface area contributed by atoms with E-state index in [1.54, 1.807) is 0 Å². The maximum absolute atomic E-state index is 2.45. The first-order valence-corrected chi connectivity index (χ1v) is 4.54. The third-order valence-electron chi connectivity index (χ3n) is 3.22. The first-order valence-electron chi connectivity index (χ1n) is 4.54. The van der Waals surface area contributed by atoms with Crippen molar-refractivity contribution in [3.05, 3.63) is 12.2 Å². The van der Waals surface area contributed by atoms with Crippen molar-refractivity contribution in [3.63, 3.8) is 0 Å². The lowest BCUT2D eigenvalue weighted by atomic mass is 9.72. The van der Waals surface area contributed by atoms with Crippen molar-refractivity contribution in [1.29, 1.82) is 0 Å². The van der Waals surface area contributed by atoms with Crippen LogP contribution in [0.3, 0.4) is 0 Å². The topological polar surface area (TPSA) is 0 Å². The summed E-state index contributed by atoms with van der Waals surface area (Å²) in [6.07, 6.45) is 10.6. The first-order chi connectivity index (χ1) is 4.88. The molecule has 10 heavy (non-hydrogen) atoms. The molecule has 0 saturated heterocycles. The second-order valence-corrected chi connectivity index (χ2v) is 3.91. The molecule has 0 amide bonds. The highest BCUT2D eigenvalue weighted by molar-refractivity contribution is 5.03. The second-order valence-electron chi connectivity index (χ2n) is 3.91. The summed E-state index contributed by atoms with van der Waals surface area (Å²) in [5, 5.41) is 0. The molecule has 0 bridgehead atoms. The Morgan fingerprint density at radius 2 is 2.10 bits per heavy atom. The van der Waals surface area contributed by atoms with Gasteiger partial charge in [-0.3, -0.25) is 0 Å². The van der Waals surface area contributed by atoms with E-state index in [0.717, 1.165) is 17.8 Å². The Morgan fingerprint density at radius 3 is 2.50 bits per heavy atom. The third-order valence-corrected chi connectivity index (χ3v) is 3.22. The maximum atomic E-state index is 2.45. The van der Waals surface area contributed by atoms with Crippen molar-refractivity contribution < 1.29 is 0 Å². The van der Waals surface area contributed by atoms with E-state index in [0.29, 0.717) is 0 Å². The molecule has 2 atom stereocenters. The van der Waals surface area contributed by atoms with Crippen molar-refractivity contribution in [2.45, 2.75) is 32.6 Å². The third kappa shape index (κ3) is 0.902. The molecule has 0 radical (unpaired) electrons. The molecule has 0 N–H and O–H groups in total. The fourth-order valence-electron chi connectivity index (χ4n) is 2.24. The van der Waals surface area contributed by atoms with Crippen LogP contribution in [-0.4, -0.2) is 0 Å². The fourth-order valence-corrected chi connectivity index (χ4v) is 2.24. The van der Waals surface area contributed by atoms with E-state index in [1.165, 1.54) is 25.7 Å². The molecule has 1 fully saturated rings. The van der Waals surface area contributed by atoms with Gasteiger partial charge in [-0.2, -0.15) is 0 Å². The second kappa shape index (κ2) is 2.41. The summed E-state index contributed by atoms with van der Waals surface area (Å²) in [5.74, 6) is 2.97. The van der Waals surface area contributed by atoms with Crippen molar-refractivity contribution in [2.24, 2.45) is 17.8 Å². The van der Waals surface area contributed by atoms with E-state index in [4.69, 9.17) is 0 Å². The highest BCUT2D eigenvalue weighted by Crippen LogP contribution is 2.41. The Bertz CT molecular complexity index is 142. The minimum Gasteiger partial charge on any atom is -0.0880 e. The number of hydrogen-bond acceptors (Lipinski definition) is 0. The zero-order valence-corrected chi connectivity index (χ0v) is 6.72. The molecule has 0 aromatic rings. The van der Waals surface area contributed by atoms with Gasteiger partial charge in [-0.15, -0.1) is 0 Å². The Hall–Kier alpha value is -0.260. The molecular weight excluding hydrogens is 120 g/mol. The molecule has 2 aliphatic carbocycles. The summed E-state index contributed by atoms with van der Waals surface area (Å²) in [6, 6.07) is 0. The maximum Gasteiger partial charge on any atom is -0.0176 e. The molecule has 0 aliphatic heterocycles. The molecule has 0 heterocycles. The lowest BCUT2D eigenvalue weighted by Gasteiger charge is -2.33. The molecule has 0 nitrogen and oxygen atoms in total. The van der Waals surface area contributed by atoms with Gasteiger partial charge in [-0.25, -0.2) is 0 Å². The average Bonchev–Trinajstić information content (AvgIpc) is 2.12. The van der Waals surface area contributed by atoms with E-state index in [2.05, 4.69) is 19.1 Å². The normalized spacial score (nSPS) is 40.1. The number of rotatable bonds is 1. The lowest BCUT2D eigenvalue weighted by Crippen LogP contribution is -2.23. The highest BCUT2D eigenvalue weighted by atomic mass is 14.4. The Labute approximate surface area is 63.3 Å². The van der Waals surface area contributed by atoms with Crippen LogP contribution in [0.1, 0.15) is 32.6 Å². The van der Waals surface area contributed by atoms with Gasteiger partial charge < -0.3 is 0 Å². The zero-order chi connectivity index (χ0) is 6.97. The van der Waals surface area contributed by atoms with Gasteiger partial charge in [0, 0.05) is 0 Å². The van der Waals surface area contributed by atoms with Crippen LogP contribution in [0, 0.1) is 17.8 Å².